The number of rotatable bonds is 3. The summed E-state index contributed by atoms with van der Waals surface area (Å²) in [5, 5.41) is 18.9. The van der Waals surface area contributed by atoms with Gasteiger partial charge in [-0.25, -0.2) is 0 Å². The first-order chi connectivity index (χ1) is 9.42. The molecule has 0 aromatic heterocycles. The van der Waals surface area contributed by atoms with Crippen LogP contribution >= 0.6 is 0 Å². The fraction of sp³-hybridized carbons (Fsp3) is 0.500. The van der Waals surface area contributed by atoms with Crippen molar-refractivity contribution < 1.29 is 9.90 Å². The molecular weight excluding hydrogens is 252 g/mol. The molecule has 0 bridgehead atoms. The first-order valence-corrected chi connectivity index (χ1v) is 6.90. The topological polar surface area (TPSA) is 64.3 Å². The number of aryl methyl sites for hydroxylation is 1. The Morgan fingerprint density at radius 3 is 2.70 bits per heavy atom. The highest BCUT2D eigenvalue weighted by Crippen LogP contribution is 2.41. The number of benzene rings is 1. The molecule has 1 atom stereocenters. The molecule has 0 spiro atoms. The van der Waals surface area contributed by atoms with Crippen LogP contribution in [0.2, 0.25) is 0 Å². The molecule has 1 unspecified atom stereocenters. The van der Waals surface area contributed by atoms with Crippen LogP contribution in [0.5, 0.6) is 0 Å². The van der Waals surface area contributed by atoms with Crippen LogP contribution in [0.4, 0.5) is 5.69 Å². The Kier molecular flexibility index (Phi) is 3.71. The second-order valence-electron chi connectivity index (χ2n) is 5.87. The van der Waals surface area contributed by atoms with Crippen molar-refractivity contribution in [1.82, 2.24) is 0 Å². The molecule has 20 heavy (non-hydrogen) atoms. The van der Waals surface area contributed by atoms with Crippen LogP contribution in [0.1, 0.15) is 31.4 Å². The van der Waals surface area contributed by atoms with Gasteiger partial charge in [0.2, 0.25) is 0 Å². The Balaban J connectivity index is 2.40. The number of anilines is 1. The molecule has 4 heteroatoms. The van der Waals surface area contributed by atoms with Crippen molar-refractivity contribution >= 4 is 11.7 Å². The number of carbonyl (C=O) groups is 1. The predicted octanol–water partition coefficient (Wildman–Crippen LogP) is 2.80. The summed E-state index contributed by atoms with van der Waals surface area (Å²) < 4.78 is 0. The standard InChI is InChI=1S/C16H20N2O2/c1-11(2)16(15(19)20)7-8-18(10-16)14-12(3)5-4-6-13(14)9-17/h4-6,11H,7-8,10H2,1-3H3,(H,19,20). The van der Waals surface area contributed by atoms with Crippen molar-refractivity contribution in [3.63, 3.8) is 0 Å². The molecule has 2 rings (SSSR count). The van der Waals surface area contributed by atoms with Crippen molar-refractivity contribution in [2.45, 2.75) is 27.2 Å². The van der Waals surface area contributed by atoms with Gasteiger partial charge in [-0.1, -0.05) is 26.0 Å². The second-order valence-corrected chi connectivity index (χ2v) is 5.87. The number of hydrogen-bond acceptors (Lipinski definition) is 3. The maximum atomic E-state index is 11.7. The first kappa shape index (κ1) is 14.4. The molecule has 1 aromatic rings. The van der Waals surface area contributed by atoms with E-state index in [0.29, 0.717) is 25.1 Å². The Morgan fingerprint density at radius 2 is 2.20 bits per heavy atom. The lowest BCUT2D eigenvalue weighted by molar-refractivity contribution is -0.150. The number of nitriles is 1. The van der Waals surface area contributed by atoms with Crippen LogP contribution in [0.25, 0.3) is 0 Å². The summed E-state index contributed by atoms with van der Waals surface area (Å²) in [5.41, 5.74) is 1.82. The zero-order valence-corrected chi connectivity index (χ0v) is 12.2. The Hall–Kier alpha value is -2.02. The van der Waals surface area contributed by atoms with Gasteiger partial charge in [0, 0.05) is 13.1 Å². The molecule has 0 amide bonds. The minimum atomic E-state index is -0.734. The SMILES string of the molecule is Cc1cccc(C#N)c1N1CCC(C(=O)O)(C(C)C)C1. The number of aliphatic carboxylic acids is 1. The molecule has 1 aliphatic heterocycles. The minimum Gasteiger partial charge on any atom is -0.481 e. The third-order valence-corrected chi connectivity index (χ3v) is 4.51. The molecular formula is C16H20N2O2. The predicted molar refractivity (Wildman–Crippen MR) is 77.6 cm³/mol. The van der Waals surface area contributed by atoms with Gasteiger partial charge in [0.15, 0.2) is 0 Å². The lowest BCUT2D eigenvalue weighted by atomic mass is 9.76. The second kappa shape index (κ2) is 5.16. The number of hydrogen-bond donors (Lipinski definition) is 1. The Morgan fingerprint density at radius 1 is 1.50 bits per heavy atom. The van der Waals surface area contributed by atoms with E-state index in [-0.39, 0.29) is 5.92 Å². The molecule has 0 aliphatic carbocycles. The van der Waals surface area contributed by atoms with Crippen molar-refractivity contribution in [1.29, 1.82) is 5.26 Å². The average Bonchev–Trinajstić information content (AvgIpc) is 2.84. The van der Waals surface area contributed by atoms with Crippen LogP contribution < -0.4 is 4.90 Å². The molecule has 106 valence electrons. The van der Waals surface area contributed by atoms with Crippen LogP contribution in [0, 0.1) is 29.6 Å². The number of carboxylic acid groups (broad SMARTS) is 1. The number of para-hydroxylation sites is 1. The maximum Gasteiger partial charge on any atom is 0.311 e. The van der Waals surface area contributed by atoms with Crippen LogP contribution in [-0.4, -0.2) is 24.2 Å². The van der Waals surface area contributed by atoms with Gasteiger partial charge in [0.25, 0.3) is 0 Å². The van der Waals surface area contributed by atoms with Crippen LogP contribution in [0.15, 0.2) is 18.2 Å². The maximum absolute atomic E-state index is 11.7. The van der Waals surface area contributed by atoms with Gasteiger partial charge in [0.05, 0.1) is 16.7 Å². The van der Waals surface area contributed by atoms with E-state index in [0.717, 1.165) is 11.3 Å². The average molecular weight is 272 g/mol. The van der Waals surface area contributed by atoms with Gasteiger partial charge in [-0.05, 0) is 30.9 Å². The van der Waals surface area contributed by atoms with Gasteiger partial charge in [0.1, 0.15) is 6.07 Å². The Bertz CT molecular complexity index is 574. The summed E-state index contributed by atoms with van der Waals surface area (Å²) in [5.74, 6) is -0.665. The van der Waals surface area contributed by atoms with Crippen LogP contribution in [-0.2, 0) is 4.79 Å². The number of carboxylic acids is 1. The summed E-state index contributed by atoms with van der Waals surface area (Å²) in [4.78, 5) is 13.7. The number of nitrogens with zero attached hydrogens (tertiary/aromatic N) is 2. The fourth-order valence-corrected chi connectivity index (χ4v) is 3.09. The molecule has 0 radical (unpaired) electrons. The van der Waals surface area contributed by atoms with Gasteiger partial charge in [-0.3, -0.25) is 4.79 Å². The third kappa shape index (κ3) is 2.14. The monoisotopic (exact) mass is 272 g/mol. The smallest absolute Gasteiger partial charge is 0.311 e. The van der Waals surface area contributed by atoms with Gasteiger partial charge in [-0.15, -0.1) is 0 Å². The summed E-state index contributed by atoms with van der Waals surface area (Å²) in [7, 11) is 0. The summed E-state index contributed by atoms with van der Waals surface area (Å²) in [6, 6.07) is 7.83. The largest absolute Gasteiger partial charge is 0.481 e. The normalized spacial score (nSPS) is 22.1. The molecule has 1 heterocycles. The summed E-state index contributed by atoms with van der Waals surface area (Å²) in [6.07, 6.45) is 0.624. The summed E-state index contributed by atoms with van der Waals surface area (Å²) in [6.45, 7) is 7.04. The molecule has 0 saturated carbocycles. The van der Waals surface area contributed by atoms with Crippen LogP contribution in [0.3, 0.4) is 0 Å². The highest BCUT2D eigenvalue weighted by atomic mass is 16.4. The van der Waals surface area contributed by atoms with Crippen molar-refractivity contribution in [3.05, 3.63) is 29.3 Å². The van der Waals surface area contributed by atoms with E-state index in [1.807, 2.05) is 32.9 Å². The van der Waals surface area contributed by atoms with Gasteiger partial charge < -0.3 is 10.0 Å². The summed E-state index contributed by atoms with van der Waals surface area (Å²) >= 11 is 0. The van der Waals surface area contributed by atoms with Gasteiger partial charge in [-0.2, -0.15) is 5.26 Å². The fourth-order valence-electron chi connectivity index (χ4n) is 3.09. The molecule has 1 aliphatic rings. The Labute approximate surface area is 119 Å². The van der Waals surface area contributed by atoms with E-state index in [2.05, 4.69) is 11.0 Å². The van der Waals surface area contributed by atoms with Crippen molar-refractivity contribution in [2.75, 3.05) is 18.0 Å². The first-order valence-electron chi connectivity index (χ1n) is 6.90. The van der Waals surface area contributed by atoms with Crippen molar-refractivity contribution in [2.24, 2.45) is 11.3 Å². The minimum absolute atomic E-state index is 0.0690. The zero-order valence-electron chi connectivity index (χ0n) is 12.2. The molecule has 1 saturated heterocycles. The molecule has 1 fully saturated rings. The lowest BCUT2D eigenvalue weighted by Gasteiger charge is -2.30. The van der Waals surface area contributed by atoms with E-state index >= 15 is 0 Å². The molecule has 4 nitrogen and oxygen atoms in total. The lowest BCUT2D eigenvalue weighted by Crippen LogP contribution is -2.39. The molecule has 1 aromatic carbocycles. The van der Waals surface area contributed by atoms with E-state index < -0.39 is 11.4 Å². The van der Waals surface area contributed by atoms with E-state index in [4.69, 9.17) is 0 Å². The van der Waals surface area contributed by atoms with E-state index in [1.165, 1.54) is 0 Å². The van der Waals surface area contributed by atoms with E-state index in [9.17, 15) is 15.2 Å². The highest BCUT2D eigenvalue weighted by molar-refractivity contribution is 5.78. The van der Waals surface area contributed by atoms with E-state index in [1.54, 1.807) is 6.07 Å². The van der Waals surface area contributed by atoms with Crippen molar-refractivity contribution in [3.8, 4) is 6.07 Å². The third-order valence-electron chi connectivity index (χ3n) is 4.51. The van der Waals surface area contributed by atoms with Gasteiger partial charge >= 0.3 is 5.97 Å². The quantitative estimate of drug-likeness (QED) is 0.919. The highest BCUT2D eigenvalue weighted by Gasteiger charge is 2.47. The molecule has 1 N–H and O–H groups in total. The zero-order chi connectivity index (χ0) is 14.9.